The summed E-state index contributed by atoms with van der Waals surface area (Å²) in [5, 5.41) is 1.12. The predicted octanol–water partition coefficient (Wildman–Crippen LogP) is 2.27. The number of hydrogen-bond donors (Lipinski definition) is 1. The normalized spacial score (nSPS) is 19.0. The molecule has 0 saturated carbocycles. The molecule has 0 spiro atoms. The first-order valence-electron chi connectivity index (χ1n) is 5.96. The number of fused-ring (bicyclic) bond motifs is 1. The minimum Gasteiger partial charge on any atom is -0.330 e. The molecule has 88 valence electrons. The van der Waals surface area contributed by atoms with Crippen molar-refractivity contribution in [1.29, 1.82) is 0 Å². The number of thiazole rings is 1. The zero-order valence-corrected chi connectivity index (χ0v) is 10.4. The Morgan fingerprint density at radius 3 is 2.94 bits per heavy atom. The molecular weight excluding hydrogens is 230 g/mol. The number of nitrogens with zero attached hydrogens (tertiary/aromatic N) is 2. The summed E-state index contributed by atoms with van der Waals surface area (Å²) in [6.45, 7) is 0.794. The van der Waals surface area contributed by atoms with Crippen LogP contribution in [0.3, 0.4) is 0 Å². The molecule has 1 aliphatic rings. The maximum Gasteiger partial charge on any atom is 0.123 e. The van der Waals surface area contributed by atoms with Gasteiger partial charge in [0.05, 0.1) is 5.69 Å². The van der Waals surface area contributed by atoms with Crippen LogP contribution in [0, 0.1) is 5.92 Å². The van der Waals surface area contributed by atoms with Crippen LogP contribution in [0.4, 0.5) is 0 Å². The van der Waals surface area contributed by atoms with Crippen molar-refractivity contribution in [3.05, 3.63) is 35.1 Å². The minimum absolute atomic E-state index is 0.647. The average Bonchev–Trinajstić information content (AvgIpc) is 2.82. The average molecular weight is 245 g/mol. The third-order valence-electron chi connectivity index (χ3n) is 3.30. The van der Waals surface area contributed by atoms with Crippen molar-refractivity contribution in [2.24, 2.45) is 11.7 Å². The van der Waals surface area contributed by atoms with Crippen LogP contribution in [0.5, 0.6) is 0 Å². The first-order valence-corrected chi connectivity index (χ1v) is 6.77. The Bertz CT molecular complexity index is 507. The highest BCUT2D eigenvalue weighted by Crippen LogP contribution is 2.33. The summed E-state index contributed by atoms with van der Waals surface area (Å²) in [5.74, 6) is 0.647. The van der Waals surface area contributed by atoms with E-state index in [-0.39, 0.29) is 0 Å². The molecule has 0 aliphatic heterocycles. The number of hydrogen-bond acceptors (Lipinski definition) is 4. The topological polar surface area (TPSA) is 51.8 Å². The van der Waals surface area contributed by atoms with E-state index in [4.69, 9.17) is 10.7 Å². The zero-order valence-electron chi connectivity index (χ0n) is 9.60. The van der Waals surface area contributed by atoms with Gasteiger partial charge in [-0.15, -0.1) is 11.3 Å². The molecule has 0 fully saturated rings. The third-order valence-corrected chi connectivity index (χ3v) is 4.47. The van der Waals surface area contributed by atoms with Crippen molar-refractivity contribution in [2.45, 2.75) is 19.3 Å². The minimum atomic E-state index is 0.647. The van der Waals surface area contributed by atoms with Crippen molar-refractivity contribution in [3.8, 4) is 10.6 Å². The molecule has 1 aliphatic carbocycles. The van der Waals surface area contributed by atoms with Crippen molar-refractivity contribution in [2.75, 3.05) is 6.54 Å². The van der Waals surface area contributed by atoms with Gasteiger partial charge in [-0.2, -0.15) is 0 Å². The van der Waals surface area contributed by atoms with Gasteiger partial charge in [-0.05, 0) is 43.9 Å². The first-order chi connectivity index (χ1) is 8.36. The number of rotatable bonds is 2. The van der Waals surface area contributed by atoms with Gasteiger partial charge in [-0.25, -0.2) is 4.98 Å². The second-order valence-corrected chi connectivity index (χ2v) is 5.55. The molecule has 1 atom stereocenters. The Hall–Kier alpha value is -1.26. The number of nitrogens with two attached hydrogens (primary N) is 1. The molecule has 3 nitrogen and oxygen atoms in total. The fraction of sp³-hybridized carbons (Fsp3) is 0.385. The van der Waals surface area contributed by atoms with Gasteiger partial charge in [-0.1, -0.05) is 0 Å². The quantitative estimate of drug-likeness (QED) is 0.883. The molecule has 17 heavy (non-hydrogen) atoms. The van der Waals surface area contributed by atoms with E-state index in [9.17, 15) is 0 Å². The molecule has 2 N–H and O–H groups in total. The Labute approximate surface area is 105 Å². The van der Waals surface area contributed by atoms with Gasteiger partial charge in [0.25, 0.3) is 0 Å². The Morgan fingerprint density at radius 2 is 2.18 bits per heavy atom. The van der Waals surface area contributed by atoms with E-state index in [1.807, 2.05) is 35.9 Å². The maximum atomic E-state index is 5.75. The molecule has 4 heteroatoms. The Balaban J connectivity index is 1.93. The first kappa shape index (κ1) is 10.9. The van der Waals surface area contributed by atoms with Gasteiger partial charge in [0.2, 0.25) is 0 Å². The summed E-state index contributed by atoms with van der Waals surface area (Å²) in [6, 6.07) is 4.04. The monoisotopic (exact) mass is 245 g/mol. The van der Waals surface area contributed by atoms with Crippen molar-refractivity contribution >= 4 is 11.3 Å². The number of aromatic nitrogens is 2. The van der Waals surface area contributed by atoms with E-state index in [0.717, 1.165) is 24.4 Å². The highest BCUT2D eigenvalue weighted by molar-refractivity contribution is 7.15. The van der Waals surface area contributed by atoms with Crippen LogP contribution in [0.2, 0.25) is 0 Å². The molecular formula is C13H15N3S. The zero-order chi connectivity index (χ0) is 11.7. The number of aryl methyl sites for hydroxylation is 1. The Kier molecular flexibility index (Phi) is 2.91. The van der Waals surface area contributed by atoms with Crippen molar-refractivity contribution in [3.63, 3.8) is 0 Å². The highest BCUT2D eigenvalue weighted by Gasteiger charge is 2.21. The maximum absolute atomic E-state index is 5.75. The van der Waals surface area contributed by atoms with Crippen LogP contribution in [0.15, 0.2) is 24.5 Å². The lowest BCUT2D eigenvalue weighted by Crippen LogP contribution is -2.21. The van der Waals surface area contributed by atoms with Crippen molar-refractivity contribution < 1.29 is 0 Å². The summed E-state index contributed by atoms with van der Waals surface area (Å²) in [5.41, 5.74) is 8.21. The van der Waals surface area contributed by atoms with Gasteiger partial charge in [0.1, 0.15) is 5.01 Å². The predicted molar refractivity (Wildman–Crippen MR) is 69.9 cm³/mol. The largest absolute Gasteiger partial charge is 0.330 e. The van der Waals surface area contributed by atoms with Crippen molar-refractivity contribution in [1.82, 2.24) is 9.97 Å². The van der Waals surface area contributed by atoms with E-state index in [1.165, 1.54) is 22.6 Å². The lowest BCUT2D eigenvalue weighted by Gasteiger charge is -2.18. The van der Waals surface area contributed by atoms with E-state index >= 15 is 0 Å². The lowest BCUT2D eigenvalue weighted by atomic mass is 9.91. The summed E-state index contributed by atoms with van der Waals surface area (Å²) < 4.78 is 0. The SMILES string of the molecule is NCC1CCc2nc(-c3ccncc3)sc2C1. The summed E-state index contributed by atoms with van der Waals surface area (Å²) in [7, 11) is 0. The van der Waals surface area contributed by atoms with Gasteiger partial charge in [0, 0.05) is 22.8 Å². The van der Waals surface area contributed by atoms with Gasteiger partial charge in [0.15, 0.2) is 0 Å². The van der Waals surface area contributed by atoms with Gasteiger partial charge < -0.3 is 5.73 Å². The smallest absolute Gasteiger partial charge is 0.123 e. The van der Waals surface area contributed by atoms with Crippen LogP contribution < -0.4 is 5.73 Å². The van der Waals surface area contributed by atoms with E-state index in [1.54, 1.807) is 0 Å². The summed E-state index contributed by atoms with van der Waals surface area (Å²) in [6.07, 6.45) is 7.01. The van der Waals surface area contributed by atoms with E-state index in [2.05, 4.69) is 4.98 Å². The van der Waals surface area contributed by atoms with E-state index < -0.39 is 0 Å². The van der Waals surface area contributed by atoms with Crippen LogP contribution >= 0.6 is 11.3 Å². The van der Waals surface area contributed by atoms with Crippen LogP contribution in [0.25, 0.3) is 10.6 Å². The van der Waals surface area contributed by atoms with Crippen LogP contribution in [0.1, 0.15) is 17.0 Å². The van der Waals surface area contributed by atoms with Crippen LogP contribution in [-0.4, -0.2) is 16.5 Å². The molecule has 1 unspecified atom stereocenters. The molecule has 0 saturated heterocycles. The highest BCUT2D eigenvalue weighted by atomic mass is 32.1. The Morgan fingerprint density at radius 1 is 1.35 bits per heavy atom. The molecule has 0 radical (unpaired) electrons. The second kappa shape index (κ2) is 4.55. The fourth-order valence-electron chi connectivity index (χ4n) is 2.26. The number of pyridine rings is 1. The molecule has 2 heterocycles. The summed E-state index contributed by atoms with van der Waals surface area (Å²) >= 11 is 1.81. The molecule has 0 aromatic carbocycles. The second-order valence-electron chi connectivity index (χ2n) is 4.47. The standard InChI is InChI=1S/C13H15N3S/c14-8-9-1-2-11-12(7-9)17-13(16-11)10-3-5-15-6-4-10/h3-6,9H,1-2,7-8,14H2. The van der Waals surface area contributed by atoms with Crippen LogP contribution in [-0.2, 0) is 12.8 Å². The summed E-state index contributed by atoms with van der Waals surface area (Å²) in [4.78, 5) is 10.2. The molecule has 0 amide bonds. The van der Waals surface area contributed by atoms with E-state index in [0.29, 0.717) is 5.92 Å². The van der Waals surface area contributed by atoms with Gasteiger partial charge in [-0.3, -0.25) is 4.98 Å². The molecule has 0 bridgehead atoms. The lowest BCUT2D eigenvalue weighted by molar-refractivity contribution is 0.470. The molecule has 2 aromatic rings. The van der Waals surface area contributed by atoms with Gasteiger partial charge >= 0.3 is 0 Å². The molecule has 2 aromatic heterocycles. The third kappa shape index (κ3) is 2.10. The fourth-order valence-corrected chi connectivity index (χ4v) is 3.49. The molecule has 3 rings (SSSR count).